The molecule has 1 aliphatic rings. The molecular formula is C21H25N3O2S. The number of benzene rings is 1. The molecule has 1 aliphatic heterocycles. The SMILES string of the molecule is COc1ccc(-c2cc3nc(CN4CC(C)CC(C)C4)[nH]c(=O)c3s2)cc1. The van der Waals surface area contributed by atoms with Crippen molar-refractivity contribution in [2.24, 2.45) is 11.8 Å². The normalized spacial score (nSPS) is 20.9. The number of ether oxygens (including phenoxy) is 1. The summed E-state index contributed by atoms with van der Waals surface area (Å²) in [5.41, 5.74) is 1.80. The fraction of sp³-hybridized carbons (Fsp3) is 0.429. The van der Waals surface area contributed by atoms with Gasteiger partial charge in [-0.15, -0.1) is 11.3 Å². The lowest BCUT2D eigenvalue weighted by Gasteiger charge is -2.34. The maximum atomic E-state index is 12.6. The average Bonchev–Trinajstić information content (AvgIpc) is 3.05. The number of thiophene rings is 1. The second kappa shape index (κ2) is 7.44. The van der Waals surface area contributed by atoms with Gasteiger partial charge in [0.15, 0.2) is 0 Å². The molecule has 0 bridgehead atoms. The van der Waals surface area contributed by atoms with E-state index >= 15 is 0 Å². The van der Waals surface area contributed by atoms with Gasteiger partial charge in [0.25, 0.3) is 5.56 Å². The first-order valence-electron chi connectivity index (χ1n) is 9.41. The number of aromatic nitrogens is 2. The van der Waals surface area contributed by atoms with Crippen LogP contribution in [0.25, 0.3) is 20.7 Å². The third kappa shape index (κ3) is 3.92. The van der Waals surface area contributed by atoms with Gasteiger partial charge in [0.2, 0.25) is 0 Å². The summed E-state index contributed by atoms with van der Waals surface area (Å²) in [5, 5.41) is 0. The van der Waals surface area contributed by atoms with Crippen molar-refractivity contribution < 1.29 is 4.74 Å². The Morgan fingerprint density at radius 2 is 1.93 bits per heavy atom. The van der Waals surface area contributed by atoms with Gasteiger partial charge in [0, 0.05) is 18.0 Å². The van der Waals surface area contributed by atoms with Gasteiger partial charge in [0.1, 0.15) is 16.3 Å². The van der Waals surface area contributed by atoms with Crippen molar-refractivity contribution in [3.8, 4) is 16.2 Å². The molecule has 1 saturated heterocycles. The van der Waals surface area contributed by atoms with Crippen molar-refractivity contribution in [3.05, 3.63) is 46.5 Å². The van der Waals surface area contributed by atoms with Crippen LogP contribution in [0.4, 0.5) is 0 Å². The van der Waals surface area contributed by atoms with Crippen LogP contribution in [0.1, 0.15) is 26.1 Å². The summed E-state index contributed by atoms with van der Waals surface area (Å²) in [6, 6.07) is 9.90. The number of hydrogen-bond acceptors (Lipinski definition) is 5. The van der Waals surface area contributed by atoms with Crippen molar-refractivity contribution in [2.75, 3.05) is 20.2 Å². The summed E-state index contributed by atoms with van der Waals surface area (Å²) in [5.74, 6) is 2.95. The van der Waals surface area contributed by atoms with Crippen molar-refractivity contribution in [1.82, 2.24) is 14.9 Å². The van der Waals surface area contributed by atoms with Gasteiger partial charge < -0.3 is 9.72 Å². The van der Waals surface area contributed by atoms with Crippen molar-refractivity contribution >= 4 is 21.6 Å². The van der Waals surface area contributed by atoms with Gasteiger partial charge in [-0.3, -0.25) is 9.69 Å². The molecule has 0 spiro atoms. The molecule has 5 nitrogen and oxygen atoms in total. The molecule has 0 saturated carbocycles. The second-order valence-electron chi connectivity index (χ2n) is 7.71. The van der Waals surface area contributed by atoms with Crippen LogP contribution in [-0.4, -0.2) is 35.1 Å². The molecule has 1 fully saturated rings. The van der Waals surface area contributed by atoms with Crippen LogP contribution in [0.2, 0.25) is 0 Å². The van der Waals surface area contributed by atoms with Gasteiger partial charge in [-0.2, -0.15) is 0 Å². The van der Waals surface area contributed by atoms with Crippen LogP contribution in [0.3, 0.4) is 0 Å². The third-order valence-corrected chi connectivity index (χ3v) is 6.30. The Morgan fingerprint density at radius 3 is 2.59 bits per heavy atom. The van der Waals surface area contributed by atoms with E-state index in [1.807, 2.05) is 30.3 Å². The highest BCUT2D eigenvalue weighted by Gasteiger charge is 2.22. The standard InChI is InChI=1S/C21H25N3O2S/c1-13-8-14(2)11-24(10-13)12-19-22-17-9-18(27-20(17)21(25)23-19)15-4-6-16(26-3)7-5-15/h4-7,9,13-14H,8,10-12H2,1-3H3,(H,22,23,25). The Balaban J connectivity index is 1.62. The zero-order valence-electron chi connectivity index (χ0n) is 16.0. The van der Waals surface area contributed by atoms with Crippen molar-refractivity contribution in [2.45, 2.75) is 26.8 Å². The summed E-state index contributed by atoms with van der Waals surface area (Å²) in [7, 11) is 1.66. The highest BCUT2D eigenvalue weighted by atomic mass is 32.1. The average molecular weight is 384 g/mol. The smallest absolute Gasteiger partial charge is 0.268 e. The number of hydrogen-bond donors (Lipinski definition) is 1. The van der Waals surface area contributed by atoms with Gasteiger partial charge in [0.05, 0.1) is 19.2 Å². The molecule has 1 aromatic carbocycles. The number of piperidine rings is 1. The molecule has 142 valence electrons. The van der Waals surface area contributed by atoms with E-state index in [2.05, 4.69) is 23.7 Å². The molecule has 2 unspecified atom stereocenters. The molecule has 0 radical (unpaired) electrons. The van der Waals surface area contributed by atoms with E-state index in [4.69, 9.17) is 9.72 Å². The highest BCUT2D eigenvalue weighted by Crippen LogP contribution is 2.32. The number of aromatic amines is 1. The van der Waals surface area contributed by atoms with E-state index in [0.717, 1.165) is 40.6 Å². The van der Waals surface area contributed by atoms with Gasteiger partial charge in [-0.1, -0.05) is 13.8 Å². The largest absolute Gasteiger partial charge is 0.497 e. The number of methoxy groups -OCH3 is 1. The minimum Gasteiger partial charge on any atom is -0.497 e. The molecule has 0 amide bonds. The molecule has 3 aromatic rings. The Kier molecular flexibility index (Phi) is 5.02. The fourth-order valence-corrected chi connectivity index (χ4v) is 5.09. The van der Waals surface area contributed by atoms with Gasteiger partial charge >= 0.3 is 0 Å². The van der Waals surface area contributed by atoms with Crippen molar-refractivity contribution in [1.29, 1.82) is 0 Å². The lowest BCUT2D eigenvalue weighted by Crippen LogP contribution is -2.38. The lowest BCUT2D eigenvalue weighted by molar-refractivity contribution is 0.131. The Morgan fingerprint density at radius 1 is 1.22 bits per heavy atom. The van der Waals surface area contributed by atoms with Crippen LogP contribution in [0, 0.1) is 11.8 Å². The predicted molar refractivity (Wildman–Crippen MR) is 110 cm³/mol. The first-order valence-corrected chi connectivity index (χ1v) is 10.2. The van der Waals surface area contributed by atoms with Crippen LogP contribution in [-0.2, 0) is 6.54 Å². The summed E-state index contributed by atoms with van der Waals surface area (Å²) in [6.07, 6.45) is 1.27. The molecule has 4 rings (SSSR count). The van der Waals surface area contributed by atoms with E-state index in [1.54, 1.807) is 7.11 Å². The second-order valence-corrected chi connectivity index (χ2v) is 8.76. The van der Waals surface area contributed by atoms with E-state index in [9.17, 15) is 4.79 Å². The number of rotatable bonds is 4. The maximum absolute atomic E-state index is 12.6. The molecule has 6 heteroatoms. The molecule has 2 atom stereocenters. The van der Waals surface area contributed by atoms with Crippen molar-refractivity contribution in [3.63, 3.8) is 0 Å². The van der Waals surface area contributed by atoms with E-state index in [-0.39, 0.29) is 5.56 Å². The van der Waals surface area contributed by atoms with E-state index < -0.39 is 0 Å². The topological polar surface area (TPSA) is 58.2 Å². The van der Waals surface area contributed by atoms with E-state index in [1.165, 1.54) is 17.8 Å². The molecular weight excluding hydrogens is 358 g/mol. The number of likely N-dealkylation sites (tertiary alicyclic amines) is 1. The fourth-order valence-electron chi connectivity index (χ4n) is 4.09. The van der Waals surface area contributed by atoms with E-state index in [0.29, 0.717) is 23.1 Å². The molecule has 27 heavy (non-hydrogen) atoms. The lowest BCUT2D eigenvalue weighted by atomic mass is 9.92. The highest BCUT2D eigenvalue weighted by molar-refractivity contribution is 7.22. The summed E-state index contributed by atoms with van der Waals surface area (Å²) in [4.78, 5) is 23.8. The molecule has 3 heterocycles. The quantitative estimate of drug-likeness (QED) is 0.736. The summed E-state index contributed by atoms with van der Waals surface area (Å²) >= 11 is 1.49. The number of nitrogens with one attached hydrogen (secondary N) is 1. The Labute approximate surface area is 163 Å². The number of fused-ring (bicyclic) bond motifs is 1. The van der Waals surface area contributed by atoms with Crippen LogP contribution >= 0.6 is 11.3 Å². The predicted octanol–water partition coefficient (Wildman–Crippen LogP) is 4.14. The van der Waals surface area contributed by atoms with Crippen LogP contribution in [0.5, 0.6) is 5.75 Å². The molecule has 2 aromatic heterocycles. The summed E-state index contributed by atoms with van der Waals surface area (Å²) < 4.78 is 5.90. The third-order valence-electron chi connectivity index (χ3n) is 5.12. The first-order chi connectivity index (χ1) is 13.0. The first kappa shape index (κ1) is 18.2. The maximum Gasteiger partial charge on any atom is 0.268 e. The van der Waals surface area contributed by atoms with Crippen LogP contribution < -0.4 is 10.3 Å². The molecule has 0 aliphatic carbocycles. The summed E-state index contributed by atoms with van der Waals surface area (Å²) in [6.45, 7) is 7.41. The monoisotopic (exact) mass is 383 g/mol. The molecule has 1 N–H and O–H groups in total. The van der Waals surface area contributed by atoms with Gasteiger partial charge in [-0.25, -0.2) is 4.98 Å². The zero-order valence-corrected chi connectivity index (χ0v) is 16.8. The zero-order chi connectivity index (χ0) is 19.0. The minimum absolute atomic E-state index is 0.0436. The Bertz CT molecular complexity index is 983. The van der Waals surface area contributed by atoms with Gasteiger partial charge in [-0.05, 0) is 54.2 Å². The number of H-pyrrole nitrogens is 1. The van der Waals surface area contributed by atoms with Crippen LogP contribution in [0.15, 0.2) is 35.1 Å². The number of nitrogens with zero attached hydrogens (tertiary/aromatic N) is 2. The Hall–Kier alpha value is -2.18. The minimum atomic E-state index is -0.0436.